The number of pyridine rings is 1. The highest BCUT2D eigenvalue weighted by molar-refractivity contribution is 5.30. The maximum absolute atomic E-state index is 4.14. The third-order valence-electron chi connectivity index (χ3n) is 0.987. The Labute approximate surface area is 54.9 Å². The fourth-order valence-corrected chi connectivity index (χ4v) is 0.630. The van der Waals surface area contributed by atoms with E-state index in [9.17, 15) is 0 Å². The van der Waals surface area contributed by atoms with E-state index in [-0.39, 0.29) is 0 Å². The van der Waals surface area contributed by atoms with Crippen molar-refractivity contribution in [3.05, 3.63) is 24.5 Å². The molecule has 0 aromatic carbocycles. The minimum Gasteiger partial charge on any atom is -0.284 e. The summed E-state index contributed by atoms with van der Waals surface area (Å²) in [6.45, 7) is 2.83. The summed E-state index contributed by atoms with van der Waals surface area (Å²) >= 11 is 0. The third-order valence-corrected chi connectivity index (χ3v) is 0.987. The van der Waals surface area contributed by atoms with Gasteiger partial charge in [0, 0.05) is 12.7 Å². The molecule has 0 bridgehead atoms. The quantitative estimate of drug-likeness (QED) is 0.580. The van der Waals surface area contributed by atoms with Crippen LogP contribution >= 0.6 is 0 Å². The SMILES string of the molecule is CC[N]c1cccnc1. The van der Waals surface area contributed by atoms with Gasteiger partial charge < -0.3 is 0 Å². The zero-order valence-electron chi connectivity index (χ0n) is 5.41. The lowest BCUT2D eigenvalue weighted by Gasteiger charge is -1.94. The van der Waals surface area contributed by atoms with E-state index in [4.69, 9.17) is 0 Å². The standard InChI is InChI=1S/C7H9N2/c1-2-9-7-4-3-5-8-6-7/h3-6H,2H2,1H3. The number of nitrogens with zero attached hydrogens (tertiary/aromatic N) is 2. The second-order valence-corrected chi connectivity index (χ2v) is 1.69. The van der Waals surface area contributed by atoms with Crippen LogP contribution in [0, 0.1) is 0 Å². The molecule has 0 amide bonds. The molecule has 0 aliphatic carbocycles. The summed E-state index contributed by atoms with van der Waals surface area (Å²) in [4.78, 5) is 3.91. The van der Waals surface area contributed by atoms with E-state index in [2.05, 4.69) is 10.3 Å². The second kappa shape index (κ2) is 3.07. The Hall–Kier alpha value is -1.05. The lowest BCUT2D eigenvalue weighted by atomic mass is 10.4. The van der Waals surface area contributed by atoms with Crippen molar-refractivity contribution in [3.8, 4) is 0 Å². The van der Waals surface area contributed by atoms with Gasteiger partial charge in [-0.15, -0.1) is 0 Å². The van der Waals surface area contributed by atoms with E-state index < -0.39 is 0 Å². The number of aromatic nitrogens is 1. The lowest BCUT2D eigenvalue weighted by Crippen LogP contribution is -1.93. The number of rotatable bonds is 2. The molecule has 1 rings (SSSR count). The molecular formula is C7H9N2. The smallest absolute Gasteiger partial charge is 0.0757 e. The molecule has 2 nitrogen and oxygen atoms in total. The molecule has 1 radical (unpaired) electrons. The predicted molar refractivity (Wildman–Crippen MR) is 36.6 cm³/mol. The van der Waals surface area contributed by atoms with Crippen LogP contribution in [0.5, 0.6) is 0 Å². The molecule has 0 unspecified atom stereocenters. The minimum atomic E-state index is 0.825. The summed E-state index contributed by atoms with van der Waals surface area (Å²) in [6.07, 6.45) is 3.50. The van der Waals surface area contributed by atoms with E-state index in [0.717, 1.165) is 12.2 Å². The van der Waals surface area contributed by atoms with Gasteiger partial charge in [0.15, 0.2) is 0 Å². The minimum absolute atomic E-state index is 0.825. The maximum atomic E-state index is 4.14. The number of hydrogen-bond acceptors (Lipinski definition) is 1. The van der Waals surface area contributed by atoms with Crippen LogP contribution in [0.1, 0.15) is 6.92 Å². The van der Waals surface area contributed by atoms with Crippen molar-refractivity contribution in [2.75, 3.05) is 6.54 Å². The molecule has 0 spiro atoms. The molecule has 0 saturated carbocycles. The van der Waals surface area contributed by atoms with E-state index in [1.807, 2.05) is 19.1 Å². The van der Waals surface area contributed by atoms with E-state index >= 15 is 0 Å². The highest BCUT2D eigenvalue weighted by atomic mass is 14.9. The van der Waals surface area contributed by atoms with Crippen molar-refractivity contribution < 1.29 is 0 Å². The summed E-state index contributed by atoms with van der Waals surface area (Å²) < 4.78 is 0. The van der Waals surface area contributed by atoms with E-state index in [0.29, 0.717) is 0 Å². The van der Waals surface area contributed by atoms with Crippen LogP contribution in [0.4, 0.5) is 5.69 Å². The lowest BCUT2D eigenvalue weighted by molar-refractivity contribution is 0.906. The monoisotopic (exact) mass is 121 g/mol. The van der Waals surface area contributed by atoms with Crippen molar-refractivity contribution in [3.63, 3.8) is 0 Å². The van der Waals surface area contributed by atoms with E-state index in [1.165, 1.54) is 0 Å². The van der Waals surface area contributed by atoms with E-state index in [1.54, 1.807) is 12.4 Å². The summed E-state index contributed by atoms with van der Waals surface area (Å²) in [5.41, 5.74) is 0.958. The van der Waals surface area contributed by atoms with Crippen molar-refractivity contribution in [1.82, 2.24) is 10.3 Å². The predicted octanol–water partition coefficient (Wildman–Crippen LogP) is 1.34. The van der Waals surface area contributed by atoms with Gasteiger partial charge in [-0.05, 0) is 19.1 Å². The molecule has 1 aromatic heterocycles. The topological polar surface area (TPSA) is 27.0 Å². The van der Waals surface area contributed by atoms with Crippen molar-refractivity contribution in [2.45, 2.75) is 6.92 Å². The Kier molecular flexibility index (Phi) is 2.07. The normalized spacial score (nSPS) is 9.00. The van der Waals surface area contributed by atoms with Crippen molar-refractivity contribution in [2.24, 2.45) is 0 Å². The summed E-state index contributed by atoms with van der Waals surface area (Å²) in [7, 11) is 0. The van der Waals surface area contributed by atoms with Crippen LogP contribution in [0.15, 0.2) is 24.5 Å². The Morgan fingerprint density at radius 1 is 1.67 bits per heavy atom. The van der Waals surface area contributed by atoms with Gasteiger partial charge in [0.05, 0.1) is 11.9 Å². The summed E-state index contributed by atoms with van der Waals surface area (Å²) in [5.74, 6) is 0. The first-order valence-corrected chi connectivity index (χ1v) is 3.01. The van der Waals surface area contributed by atoms with Crippen LogP contribution in [-0.2, 0) is 0 Å². The van der Waals surface area contributed by atoms with Gasteiger partial charge in [0.1, 0.15) is 0 Å². The first kappa shape index (κ1) is 6.08. The van der Waals surface area contributed by atoms with Crippen LogP contribution in [0.25, 0.3) is 0 Å². The van der Waals surface area contributed by atoms with Gasteiger partial charge in [0.2, 0.25) is 0 Å². The first-order valence-electron chi connectivity index (χ1n) is 3.01. The first-order chi connectivity index (χ1) is 4.43. The average Bonchev–Trinajstić information content (AvgIpc) is 1.91. The van der Waals surface area contributed by atoms with Gasteiger partial charge in [-0.25, -0.2) is 0 Å². The van der Waals surface area contributed by atoms with Crippen molar-refractivity contribution in [1.29, 1.82) is 0 Å². The zero-order chi connectivity index (χ0) is 6.53. The van der Waals surface area contributed by atoms with Gasteiger partial charge in [-0.3, -0.25) is 10.3 Å². The molecule has 1 heterocycles. The van der Waals surface area contributed by atoms with Gasteiger partial charge >= 0.3 is 0 Å². The molecule has 2 heteroatoms. The molecule has 0 saturated heterocycles. The molecule has 0 fully saturated rings. The molecule has 1 aromatic rings. The Balaban J connectivity index is 2.61. The fraction of sp³-hybridized carbons (Fsp3) is 0.286. The highest BCUT2D eigenvalue weighted by Gasteiger charge is 1.85. The molecule has 47 valence electrons. The molecule has 0 aliphatic rings. The molecular weight excluding hydrogens is 112 g/mol. The number of hydrogen-bond donors (Lipinski definition) is 0. The van der Waals surface area contributed by atoms with Crippen LogP contribution in [0.3, 0.4) is 0 Å². The Bertz CT molecular complexity index is 160. The van der Waals surface area contributed by atoms with Gasteiger partial charge in [0.25, 0.3) is 0 Å². The van der Waals surface area contributed by atoms with Crippen molar-refractivity contribution >= 4 is 5.69 Å². The van der Waals surface area contributed by atoms with Gasteiger partial charge in [-0.1, -0.05) is 0 Å². The Morgan fingerprint density at radius 3 is 3.11 bits per heavy atom. The average molecular weight is 121 g/mol. The molecule has 0 aliphatic heterocycles. The highest BCUT2D eigenvalue weighted by Crippen LogP contribution is 2.00. The largest absolute Gasteiger partial charge is 0.284 e. The third kappa shape index (κ3) is 1.72. The fourth-order valence-electron chi connectivity index (χ4n) is 0.630. The maximum Gasteiger partial charge on any atom is 0.0757 e. The summed E-state index contributed by atoms with van der Waals surface area (Å²) in [6, 6.07) is 3.82. The molecule has 0 atom stereocenters. The summed E-state index contributed by atoms with van der Waals surface area (Å²) in [5, 5.41) is 4.14. The molecule has 0 N–H and O–H groups in total. The molecule has 9 heavy (non-hydrogen) atoms. The Morgan fingerprint density at radius 2 is 2.56 bits per heavy atom. The second-order valence-electron chi connectivity index (χ2n) is 1.69. The zero-order valence-corrected chi connectivity index (χ0v) is 5.41. The van der Waals surface area contributed by atoms with Crippen LogP contribution in [0.2, 0.25) is 0 Å². The van der Waals surface area contributed by atoms with Crippen LogP contribution < -0.4 is 5.32 Å². The van der Waals surface area contributed by atoms with Gasteiger partial charge in [-0.2, -0.15) is 0 Å². The van der Waals surface area contributed by atoms with Crippen LogP contribution in [-0.4, -0.2) is 11.5 Å².